The number of nitrogens with one attached hydrogen (secondary N) is 1. The van der Waals surface area contributed by atoms with Gasteiger partial charge in [0.2, 0.25) is 0 Å². The summed E-state index contributed by atoms with van der Waals surface area (Å²) in [5.41, 5.74) is 1.32. The highest BCUT2D eigenvalue weighted by molar-refractivity contribution is 7.98. The van der Waals surface area contributed by atoms with Crippen LogP contribution in [0.2, 0.25) is 0 Å². The van der Waals surface area contributed by atoms with Crippen LogP contribution >= 0.6 is 11.8 Å². The van der Waals surface area contributed by atoms with Gasteiger partial charge in [-0.15, -0.1) is 10.2 Å². The first-order valence-corrected chi connectivity index (χ1v) is 10.1. The molecule has 0 atom stereocenters. The van der Waals surface area contributed by atoms with E-state index in [1.54, 1.807) is 17.8 Å². The molecule has 0 unspecified atom stereocenters. The zero-order chi connectivity index (χ0) is 17.6. The van der Waals surface area contributed by atoms with E-state index in [2.05, 4.69) is 25.1 Å². The number of amides is 1. The van der Waals surface area contributed by atoms with Crippen molar-refractivity contribution >= 4 is 17.7 Å². The van der Waals surface area contributed by atoms with Gasteiger partial charge >= 0.3 is 0 Å². The zero-order valence-corrected chi connectivity index (χ0v) is 15.7. The molecule has 25 heavy (non-hydrogen) atoms. The maximum atomic E-state index is 12.1. The predicted molar refractivity (Wildman–Crippen MR) is 98.9 cm³/mol. The minimum Gasteiger partial charge on any atom is -0.351 e. The molecule has 1 aliphatic carbocycles. The minimum absolute atomic E-state index is 0.120. The molecule has 1 aliphatic rings. The Morgan fingerprint density at radius 2 is 2.12 bits per heavy atom. The molecule has 1 saturated carbocycles. The van der Waals surface area contributed by atoms with Crippen LogP contribution in [0, 0.1) is 6.92 Å². The van der Waals surface area contributed by atoms with E-state index in [1.165, 1.54) is 25.7 Å². The first-order chi connectivity index (χ1) is 12.2. The molecular formula is C18H25N5OS. The van der Waals surface area contributed by atoms with Gasteiger partial charge < -0.3 is 9.88 Å². The third-order valence-electron chi connectivity index (χ3n) is 4.59. The number of hydrogen-bond donors (Lipinski definition) is 1. The van der Waals surface area contributed by atoms with Crippen molar-refractivity contribution in [1.29, 1.82) is 0 Å². The van der Waals surface area contributed by atoms with E-state index >= 15 is 0 Å². The maximum Gasteiger partial charge on any atom is 0.269 e. The summed E-state index contributed by atoms with van der Waals surface area (Å²) < 4.78 is 2.32. The van der Waals surface area contributed by atoms with E-state index in [4.69, 9.17) is 0 Å². The lowest BCUT2D eigenvalue weighted by Gasteiger charge is -2.16. The van der Waals surface area contributed by atoms with Gasteiger partial charge in [-0.2, -0.15) is 0 Å². The number of hydrogen-bond acceptors (Lipinski definition) is 5. The summed E-state index contributed by atoms with van der Waals surface area (Å²) >= 11 is 1.66. The lowest BCUT2D eigenvalue weighted by Crippen LogP contribution is -2.26. The fourth-order valence-corrected chi connectivity index (χ4v) is 3.93. The van der Waals surface area contributed by atoms with Crippen molar-refractivity contribution in [2.75, 3.05) is 12.8 Å². The number of nitrogens with zero attached hydrogens (tertiary/aromatic N) is 4. The molecule has 2 heterocycles. The number of rotatable bonds is 7. The van der Waals surface area contributed by atoms with Gasteiger partial charge in [-0.3, -0.25) is 4.79 Å². The van der Waals surface area contributed by atoms with Crippen LogP contribution in [0.4, 0.5) is 0 Å². The van der Waals surface area contributed by atoms with Gasteiger partial charge in [0.15, 0.2) is 5.16 Å². The highest BCUT2D eigenvalue weighted by atomic mass is 32.2. The Labute approximate surface area is 152 Å². The molecule has 0 bridgehead atoms. The third-order valence-corrected chi connectivity index (χ3v) is 5.23. The van der Waals surface area contributed by atoms with E-state index in [0.29, 0.717) is 18.3 Å². The second-order valence-corrected chi connectivity index (χ2v) is 7.21. The van der Waals surface area contributed by atoms with E-state index in [-0.39, 0.29) is 5.91 Å². The predicted octanol–water partition coefficient (Wildman–Crippen LogP) is 3.18. The molecule has 0 radical (unpaired) electrons. The summed E-state index contributed by atoms with van der Waals surface area (Å²) in [7, 11) is 0. The molecule has 1 amide bonds. The molecule has 3 rings (SSSR count). The van der Waals surface area contributed by atoms with Gasteiger partial charge in [-0.05, 0) is 44.6 Å². The van der Waals surface area contributed by atoms with Crippen LogP contribution in [0.3, 0.4) is 0 Å². The number of aromatic nitrogens is 4. The lowest BCUT2D eigenvalue weighted by molar-refractivity contribution is 0.0948. The van der Waals surface area contributed by atoms with Gasteiger partial charge in [0.05, 0.1) is 0 Å². The lowest BCUT2D eigenvalue weighted by atomic mass is 10.2. The largest absolute Gasteiger partial charge is 0.351 e. The second-order valence-electron chi connectivity index (χ2n) is 6.43. The molecule has 1 N–H and O–H groups in total. The Morgan fingerprint density at radius 1 is 1.32 bits per heavy atom. The van der Waals surface area contributed by atoms with E-state index in [1.807, 2.05) is 25.3 Å². The topological polar surface area (TPSA) is 72.7 Å². The Morgan fingerprint density at radius 3 is 2.84 bits per heavy atom. The number of carbonyl (C=O) groups is 1. The van der Waals surface area contributed by atoms with Crippen LogP contribution in [0.1, 0.15) is 60.2 Å². The number of pyridine rings is 1. The quantitative estimate of drug-likeness (QED) is 0.607. The molecule has 0 aromatic carbocycles. The SMILES string of the molecule is CSc1nnc(CCCNC(=O)c2cccc(C)n2)n1C1CCCC1. The highest BCUT2D eigenvalue weighted by Crippen LogP contribution is 2.33. The molecule has 134 valence electrons. The summed E-state index contributed by atoms with van der Waals surface area (Å²) in [6.07, 6.45) is 8.73. The monoisotopic (exact) mass is 359 g/mol. The summed E-state index contributed by atoms with van der Waals surface area (Å²) in [6.45, 7) is 2.50. The van der Waals surface area contributed by atoms with Crippen molar-refractivity contribution in [3.63, 3.8) is 0 Å². The molecule has 1 fully saturated rings. The molecule has 2 aromatic rings. The standard InChI is InChI=1S/C18H25N5OS/c1-13-7-5-10-15(20-13)17(24)19-12-6-11-16-21-22-18(25-2)23(16)14-8-3-4-9-14/h5,7,10,14H,3-4,6,8-9,11-12H2,1-2H3,(H,19,24). The highest BCUT2D eigenvalue weighted by Gasteiger charge is 2.23. The van der Waals surface area contributed by atoms with Crippen molar-refractivity contribution in [1.82, 2.24) is 25.1 Å². The number of aryl methyl sites for hydroxylation is 2. The van der Waals surface area contributed by atoms with Gasteiger partial charge in [-0.1, -0.05) is 30.7 Å². The zero-order valence-electron chi connectivity index (χ0n) is 14.9. The van der Waals surface area contributed by atoms with Gasteiger partial charge in [-0.25, -0.2) is 4.98 Å². The third kappa shape index (κ3) is 4.39. The van der Waals surface area contributed by atoms with Gasteiger partial charge in [0.25, 0.3) is 5.91 Å². The molecule has 7 heteroatoms. The van der Waals surface area contributed by atoms with E-state index in [9.17, 15) is 4.79 Å². The van der Waals surface area contributed by atoms with Crippen molar-refractivity contribution in [3.8, 4) is 0 Å². The van der Waals surface area contributed by atoms with Crippen LogP contribution < -0.4 is 5.32 Å². The Kier molecular flexibility index (Phi) is 6.07. The summed E-state index contributed by atoms with van der Waals surface area (Å²) in [4.78, 5) is 16.4. The Balaban J connectivity index is 1.54. The van der Waals surface area contributed by atoms with Crippen molar-refractivity contribution in [3.05, 3.63) is 35.4 Å². The Bertz CT molecular complexity index is 724. The molecular weight excluding hydrogens is 334 g/mol. The number of thioether (sulfide) groups is 1. The van der Waals surface area contributed by atoms with Gasteiger partial charge in [0, 0.05) is 24.7 Å². The van der Waals surface area contributed by atoms with Crippen LogP contribution in [0.5, 0.6) is 0 Å². The molecule has 2 aromatic heterocycles. The van der Waals surface area contributed by atoms with Crippen LogP contribution in [-0.4, -0.2) is 38.5 Å². The molecule has 0 spiro atoms. The van der Waals surface area contributed by atoms with Crippen molar-refractivity contribution in [2.24, 2.45) is 0 Å². The summed E-state index contributed by atoms with van der Waals surface area (Å²) in [5, 5.41) is 12.7. The smallest absolute Gasteiger partial charge is 0.269 e. The maximum absolute atomic E-state index is 12.1. The van der Waals surface area contributed by atoms with Crippen molar-refractivity contribution < 1.29 is 4.79 Å². The van der Waals surface area contributed by atoms with Crippen molar-refractivity contribution in [2.45, 2.75) is 56.6 Å². The summed E-state index contributed by atoms with van der Waals surface area (Å²) in [6, 6.07) is 6.02. The van der Waals surface area contributed by atoms with Crippen LogP contribution in [-0.2, 0) is 6.42 Å². The number of carbonyl (C=O) groups excluding carboxylic acids is 1. The van der Waals surface area contributed by atoms with Crippen LogP contribution in [0.25, 0.3) is 0 Å². The van der Waals surface area contributed by atoms with Gasteiger partial charge in [0.1, 0.15) is 11.5 Å². The molecule has 0 saturated heterocycles. The minimum atomic E-state index is -0.120. The molecule has 6 nitrogen and oxygen atoms in total. The Hall–Kier alpha value is -1.89. The average molecular weight is 359 g/mol. The average Bonchev–Trinajstić information content (AvgIpc) is 3.27. The van der Waals surface area contributed by atoms with E-state index < -0.39 is 0 Å². The normalized spacial score (nSPS) is 14.8. The molecule has 0 aliphatic heterocycles. The first-order valence-electron chi connectivity index (χ1n) is 8.88. The second kappa shape index (κ2) is 8.47. The van der Waals surface area contributed by atoms with Crippen LogP contribution in [0.15, 0.2) is 23.4 Å². The summed E-state index contributed by atoms with van der Waals surface area (Å²) in [5.74, 6) is 0.921. The first kappa shape index (κ1) is 17.9. The fraction of sp³-hybridized carbons (Fsp3) is 0.556. The fourth-order valence-electron chi connectivity index (χ4n) is 3.35. The van der Waals surface area contributed by atoms with E-state index in [0.717, 1.165) is 29.5 Å².